The van der Waals surface area contributed by atoms with Crippen LogP contribution >= 0.6 is 0 Å². The van der Waals surface area contributed by atoms with Crippen LogP contribution in [0.25, 0.3) is 0 Å². The number of nitrogens with zero attached hydrogens (tertiary/aromatic N) is 2. The van der Waals surface area contributed by atoms with Crippen LogP contribution in [-0.4, -0.2) is 56.1 Å². The summed E-state index contributed by atoms with van der Waals surface area (Å²) in [4.78, 5) is 16.5. The van der Waals surface area contributed by atoms with E-state index in [0.29, 0.717) is 6.42 Å². The van der Waals surface area contributed by atoms with Crippen LogP contribution in [0.1, 0.15) is 12.0 Å². The van der Waals surface area contributed by atoms with Gasteiger partial charge in [-0.3, -0.25) is 9.69 Å². The standard InChI is InChI=1S/C17H22N2O3S/c20-17(12-16-6-11-23(21,22)14-16)19-9-7-18(8-10-19)13-15-4-2-1-3-5-15/h1-6,11,16H,7-10,12-14H2/t16-/m0/s1. The molecule has 1 fully saturated rings. The number of hydrogen-bond donors (Lipinski definition) is 0. The predicted molar refractivity (Wildman–Crippen MR) is 89.3 cm³/mol. The molecule has 0 aromatic heterocycles. The SMILES string of the molecule is O=C(C[C@@H]1C=CS(=O)(=O)C1)N1CCN(Cc2ccccc2)CC1. The van der Waals surface area contributed by atoms with Crippen LogP contribution in [0.2, 0.25) is 0 Å². The van der Waals surface area contributed by atoms with Crippen molar-refractivity contribution in [2.75, 3.05) is 31.9 Å². The lowest BCUT2D eigenvalue weighted by Crippen LogP contribution is -2.48. The van der Waals surface area contributed by atoms with Gasteiger partial charge in [0.1, 0.15) is 0 Å². The Balaban J connectivity index is 1.45. The van der Waals surface area contributed by atoms with Gasteiger partial charge in [-0.05, 0) is 5.56 Å². The predicted octanol–water partition coefficient (Wildman–Crippen LogP) is 1.28. The molecule has 2 aliphatic heterocycles. The summed E-state index contributed by atoms with van der Waals surface area (Å²) in [6.45, 7) is 4.06. The van der Waals surface area contributed by atoms with Crippen LogP contribution in [0.3, 0.4) is 0 Å². The largest absolute Gasteiger partial charge is 0.340 e. The Morgan fingerprint density at radius 3 is 2.39 bits per heavy atom. The van der Waals surface area contributed by atoms with E-state index in [-0.39, 0.29) is 17.6 Å². The molecular weight excluding hydrogens is 312 g/mol. The highest BCUT2D eigenvalue weighted by Crippen LogP contribution is 2.20. The normalized spacial score (nSPS) is 24.0. The summed E-state index contributed by atoms with van der Waals surface area (Å²) in [6.07, 6.45) is 1.95. The van der Waals surface area contributed by atoms with E-state index in [1.165, 1.54) is 11.0 Å². The van der Waals surface area contributed by atoms with Crippen molar-refractivity contribution in [2.45, 2.75) is 13.0 Å². The van der Waals surface area contributed by atoms with E-state index in [2.05, 4.69) is 17.0 Å². The van der Waals surface area contributed by atoms with E-state index in [1.807, 2.05) is 23.1 Å². The van der Waals surface area contributed by atoms with Gasteiger partial charge >= 0.3 is 0 Å². The first-order valence-electron chi connectivity index (χ1n) is 7.97. The fraction of sp³-hybridized carbons (Fsp3) is 0.471. The lowest BCUT2D eigenvalue weighted by atomic mass is 10.1. The van der Waals surface area contributed by atoms with Crippen molar-refractivity contribution in [3.63, 3.8) is 0 Å². The molecule has 0 N–H and O–H groups in total. The fourth-order valence-corrected chi connectivity index (χ4v) is 4.52. The highest BCUT2D eigenvalue weighted by atomic mass is 32.2. The highest BCUT2D eigenvalue weighted by molar-refractivity contribution is 7.94. The quantitative estimate of drug-likeness (QED) is 0.832. The Labute approximate surface area is 137 Å². The molecule has 0 aliphatic carbocycles. The zero-order chi connectivity index (χ0) is 16.3. The van der Waals surface area contributed by atoms with Gasteiger partial charge in [0.25, 0.3) is 0 Å². The molecule has 0 bridgehead atoms. The monoisotopic (exact) mass is 334 g/mol. The molecule has 1 atom stereocenters. The first kappa shape index (κ1) is 16.2. The molecule has 1 amide bonds. The summed E-state index contributed by atoms with van der Waals surface area (Å²) in [5, 5.41) is 1.24. The van der Waals surface area contributed by atoms with Crippen molar-refractivity contribution in [1.82, 2.24) is 9.80 Å². The van der Waals surface area contributed by atoms with E-state index < -0.39 is 9.84 Å². The second-order valence-corrected chi connectivity index (χ2v) is 8.20. The zero-order valence-electron chi connectivity index (χ0n) is 13.1. The van der Waals surface area contributed by atoms with Gasteiger partial charge in [0.05, 0.1) is 5.75 Å². The van der Waals surface area contributed by atoms with Gasteiger partial charge < -0.3 is 4.90 Å². The maximum Gasteiger partial charge on any atom is 0.223 e. The number of hydrogen-bond acceptors (Lipinski definition) is 4. The van der Waals surface area contributed by atoms with Crippen molar-refractivity contribution in [3.05, 3.63) is 47.4 Å². The van der Waals surface area contributed by atoms with E-state index in [1.54, 1.807) is 6.08 Å². The molecule has 3 rings (SSSR count). The van der Waals surface area contributed by atoms with Crippen LogP contribution in [0.15, 0.2) is 41.8 Å². The minimum absolute atomic E-state index is 0.0658. The number of benzene rings is 1. The van der Waals surface area contributed by atoms with Crippen molar-refractivity contribution in [2.24, 2.45) is 5.92 Å². The molecule has 2 aliphatic rings. The first-order chi connectivity index (χ1) is 11.0. The van der Waals surface area contributed by atoms with Crippen molar-refractivity contribution in [3.8, 4) is 0 Å². The molecule has 5 nitrogen and oxygen atoms in total. The van der Waals surface area contributed by atoms with Gasteiger partial charge in [0.2, 0.25) is 5.91 Å². The number of amides is 1. The van der Waals surface area contributed by atoms with Crippen molar-refractivity contribution >= 4 is 15.7 Å². The Bertz CT molecular complexity index is 677. The van der Waals surface area contributed by atoms with Crippen LogP contribution in [-0.2, 0) is 21.2 Å². The van der Waals surface area contributed by atoms with Gasteiger partial charge in [0.15, 0.2) is 9.84 Å². The fourth-order valence-electron chi connectivity index (χ4n) is 3.12. The molecule has 0 unspecified atom stereocenters. The van der Waals surface area contributed by atoms with Gasteiger partial charge in [-0.2, -0.15) is 0 Å². The van der Waals surface area contributed by atoms with Gasteiger partial charge in [-0.1, -0.05) is 36.4 Å². The minimum Gasteiger partial charge on any atom is -0.340 e. The molecule has 1 aromatic carbocycles. The third kappa shape index (κ3) is 4.42. The molecule has 0 radical (unpaired) electrons. The molecule has 1 saturated heterocycles. The molecule has 1 aromatic rings. The number of piperazine rings is 1. The number of allylic oxidation sites excluding steroid dienone is 1. The number of rotatable bonds is 4. The maximum atomic E-state index is 12.3. The summed E-state index contributed by atoms with van der Waals surface area (Å²) in [6, 6.07) is 10.3. The first-order valence-corrected chi connectivity index (χ1v) is 9.68. The van der Waals surface area contributed by atoms with Crippen LogP contribution in [0.5, 0.6) is 0 Å². The van der Waals surface area contributed by atoms with Gasteiger partial charge in [-0.15, -0.1) is 0 Å². The second kappa shape index (κ2) is 6.84. The number of sulfone groups is 1. The summed E-state index contributed by atoms with van der Waals surface area (Å²) in [5.74, 6) is -0.0156. The topological polar surface area (TPSA) is 57.7 Å². The van der Waals surface area contributed by atoms with Gasteiger partial charge in [0, 0.05) is 50.5 Å². The summed E-state index contributed by atoms with van der Waals surface area (Å²) in [5.41, 5.74) is 1.29. The molecule has 6 heteroatoms. The molecule has 124 valence electrons. The highest BCUT2D eigenvalue weighted by Gasteiger charge is 2.27. The Morgan fingerprint density at radius 2 is 1.78 bits per heavy atom. The Hall–Kier alpha value is -1.66. The van der Waals surface area contributed by atoms with Crippen molar-refractivity contribution < 1.29 is 13.2 Å². The average molecular weight is 334 g/mol. The molecule has 0 saturated carbocycles. The Kier molecular flexibility index (Phi) is 4.82. The van der Waals surface area contributed by atoms with E-state index in [0.717, 1.165) is 32.7 Å². The third-order valence-corrected chi connectivity index (χ3v) is 5.88. The maximum absolute atomic E-state index is 12.3. The zero-order valence-corrected chi connectivity index (χ0v) is 13.9. The van der Waals surface area contributed by atoms with Gasteiger partial charge in [-0.25, -0.2) is 8.42 Å². The van der Waals surface area contributed by atoms with E-state index in [9.17, 15) is 13.2 Å². The minimum atomic E-state index is -3.07. The summed E-state index contributed by atoms with van der Waals surface area (Å²) < 4.78 is 22.8. The Morgan fingerprint density at radius 1 is 1.09 bits per heavy atom. The summed E-state index contributed by atoms with van der Waals surface area (Å²) in [7, 11) is -3.07. The summed E-state index contributed by atoms with van der Waals surface area (Å²) >= 11 is 0. The number of carbonyl (C=O) groups is 1. The molecular formula is C17H22N2O3S. The van der Waals surface area contributed by atoms with E-state index in [4.69, 9.17) is 0 Å². The lowest BCUT2D eigenvalue weighted by Gasteiger charge is -2.35. The lowest BCUT2D eigenvalue weighted by molar-refractivity contribution is -0.133. The van der Waals surface area contributed by atoms with Crippen LogP contribution in [0, 0.1) is 5.92 Å². The van der Waals surface area contributed by atoms with Crippen molar-refractivity contribution in [1.29, 1.82) is 0 Å². The smallest absolute Gasteiger partial charge is 0.223 e. The second-order valence-electron chi connectivity index (χ2n) is 6.26. The average Bonchev–Trinajstić information content (AvgIpc) is 2.88. The van der Waals surface area contributed by atoms with Crippen LogP contribution < -0.4 is 0 Å². The molecule has 23 heavy (non-hydrogen) atoms. The van der Waals surface area contributed by atoms with Crippen LogP contribution in [0.4, 0.5) is 0 Å². The molecule has 2 heterocycles. The molecule has 0 spiro atoms. The van der Waals surface area contributed by atoms with E-state index >= 15 is 0 Å². The number of carbonyl (C=O) groups excluding carboxylic acids is 1. The third-order valence-electron chi connectivity index (χ3n) is 4.42.